The number of nitrogens with zero attached hydrogens (tertiary/aromatic N) is 1. The molecule has 0 spiro atoms. The molecule has 1 unspecified atom stereocenters. The van der Waals surface area contributed by atoms with Gasteiger partial charge in [0.2, 0.25) is 0 Å². The maximum atomic E-state index is 9.32. The van der Waals surface area contributed by atoms with Crippen LogP contribution in [0, 0.1) is 17.2 Å². The first-order chi connectivity index (χ1) is 8.30. The van der Waals surface area contributed by atoms with E-state index in [2.05, 4.69) is 30.3 Å². The van der Waals surface area contributed by atoms with Gasteiger partial charge in [-0.15, -0.1) is 0 Å². The van der Waals surface area contributed by atoms with Gasteiger partial charge in [-0.1, -0.05) is 36.4 Å². The highest BCUT2D eigenvalue weighted by Gasteiger charge is 2.55. The largest absolute Gasteiger partial charge is 0.396 e. The summed E-state index contributed by atoms with van der Waals surface area (Å²) in [7, 11) is 0. The minimum Gasteiger partial charge on any atom is -0.396 e. The Bertz CT molecular complexity index is 614. The van der Waals surface area contributed by atoms with Crippen LogP contribution in [0.15, 0.2) is 42.5 Å². The molecule has 1 saturated carbocycles. The number of nitriles is 1. The number of hydrogen-bond donors (Lipinski definition) is 1. The summed E-state index contributed by atoms with van der Waals surface area (Å²) in [5.41, 5.74) is 0.594. The monoisotopic (exact) mass is 223 g/mol. The number of hydrogen-bond acceptors (Lipinski definition) is 2. The molecule has 2 atom stereocenters. The molecular formula is C15H13NO. The topological polar surface area (TPSA) is 44.0 Å². The zero-order valence-electron chi connectivity index (χ0n) is 9.43. The zero-order valence-corrected chi connectivity index (χ0v) is 9.43. The Morgan fingerprint density at radius 2 is 2.00 bits per heavy atom. The van der Waals surface area contributed by atoms with Crippen molar-refractivity contribution in [2.75, 3.05) is 6.61 Å². The molecule has 1 aliphatic carbocycles. The van der Waals surface area contributed by atoms with E-state index in [0.717, 1.165) is 17.4 Å². The van der Waals surface area contributed by atoms with Crippen LogP contribution in [0.1, 0.15) is 12.0 Å². The van der Waals surface area contributed by atoms with Gasteiger partial charge in [-0.3, -0.25) is 0 Å². The predicted molar refractivity (Wildman–Crippen MR) is 66.4 cm³/mol. The van der Waals surface area contributed by atoms with Crippen LogP contribution in [-0.2, 0) is 5.41 Å². The van der Waals surface area contributed by atoms with Crippen LogP contribution in [0.3, 0.4) is 0 Å². The molecule has 2 heteroatoms. The molecule has 17 heavy (non-hydrogen) atoms. The fraction of sp³-hybridized carbons (Fsp3) is 0.267. The lowest BCUT2D eigenvalue weighted by atomic mass is 9.93. The Kier molecular flexibility index (Phi) is 2.17. The van der Waals surface area contributed by atoms with Gasteiger partial charge in [0.25, 0.3) is 0 Å². The van der Waals surface area contributed by atoms with E-state index in [4.69, 9.17) is 0 Å². The number of aliphatic hydroxyl groups is 1. The summed E-state index contributed by atoms with van der Waals surface area (Å²) in [4.78, 5) is 0. The van der Waals surface area contributed by atoms with E-state index >= 15 is 0 Å². The lowest BCUT2D eigenvalue weighted by Crippen LogP contribution is -2.08. The van der Waals surface area contributed by atoms with E-state index in [1.54, 1.807) is 0 Å². The third-order valence-corrected chi connectivity index (χ3v) is 3.79. The lowest BCUT2D eigenvalue weighted by Gasteiger charge is -2.09. The summed E-state index contributed by atoms with van der Waals surface area (Å²) in [6.45, 7) is 0.0976. The van der Waals surface area contributed by atoms with E-state index in [0.29, 0.717) is 0 Å². The van der Waals surface area contributed by atoms with Crippen molar-refractivity contribution in [3.8, 4) is 6.07 Å². The highest BCUT2D eigenvalue weighted by Crippen LogP contribution is 2.53. The normalized spacial score (nSPS) is 26.7. The minimum absolute atomic E-state index is 0.0976. The van der Waals surface area contributed by atoms with Crippen molar-refractivity contribution >= 4 is 10.8 Å². The third kappa shape index (κ3) is 1.44. The van der Waals surface area contributed by atoms with E-state index < -0.39 is 5.41 Å². The molecule has 1 fully saturated rings. The van der Waals surface area contributed by atoms with Gasteiger partial charge in [0.1, 0.15) is 0 Å². The van der Waals surface area contributed by atoms with E-state index in [9.17, 15) is 10.4 Å². The van der Waals surface area contributed by atoms with Crippen molar-refractivity contribution < 1.29 is 5.11 Å². The van der Waals surface area contributed by atoms with Gasteiger partial charge in [-0.25, -0.2) is 0 Å². The minimum atomic E-state index is -0.446. The van der Waals surface area contributed by atoms with Crippen LogP contribution >= 0.6 is 0 Å². The van der Waals surface area contributed by atoms with Crippen molar-refractivity contribution in [2.45, 2.75) is 11.8 Å². The SMILES string of the molecule is N#CC1(c2ccc3ccccc3c2)C[C@@H]1CO. The molecule has 2 aromatic carbocycles. The van der Waals surface area contributed by atoms with Crippen molar-refractivity contribution in [2.24, 2.45) is 5.92 Å². The summed E-state index contributed by atoms with van der Waals surface area (Å²) >= 11 is 0. The van der Waals surface area contributed by atoms with Crippen molar-refractivity contribution in [3.63, 3.8) is 0 Å². The highest BCUT2D eigenvalue weighted by atomic mass is 16.3. The summed E-state index contributed by atoms with van der Waals surface area (Å²) in [6.07, 6.45) is 0.776. The van der Waals surface area contributed by atoms with Crippen LogP contribution in [0.5, 0.6) is 0 Å². The first-order valence-electron chi connectivity index (χ1n) is 5.81. The maximum Gasteiger partial charge on any atom is 0.0877 e. The molecule has 1 aliphatic rings. The molecule has 1 N–H and O–H groups in total. The third-order valence-electron chi connectivity index (χ3n) is 3.79. The fourth-order valence-corrected chi connectivity index (χ4v) is 2.57. The number of aliphatic hydroxyl groups excluding tert-OH is 1. The van der Waals surface area contributed by atoms with Gasteiger partial charge in [0.15, 0.2) is 0 Å². The summed E-state index contributed by atoms with van der Waals surface area (Å²) in [6, 6.07) is 16.7. The average Bonchev–Trinajstić information content (AvgIpc) is 3.13. The van der Waals surface area contributed by atoms with Crippen LogP contribution in [0.4, 0.5) is 0 Å². The van der Waals surface area contributed by atoms with Crippen LogP contribution in [0.2, 0.25) is 0 Å². The van der Waals surface area contributed by atoms with Gasteiger partial charge in [0, 0.05) is 12.5 Å². The second-order valence-corrected chi connectivity index (χ2v) is 4.73. The van der Waals surface area contributed by atoms with Crippen LogP contribution < -0.4 is 0 Å². The quantitative estimate of drug-likeness (QED) is 0.850. The molecule has 0 aliphatic heterocycles. The number of benzene rings is 2. The molecule has 0 aromatic heterocycles. The standard InChI is InChI=1S/C15H13NO/c16-10-15(8-14(15)9-17)13-6-5-11-3-1-2-4-12(11)7-13/h1-7,14,17H,8-9H2/t14-,15?/m1/s1. The summed E-state index contributed by atoms with van der Waals surface area (Å²) < 4.78 is 0. The molecule has 2 aromatic rings. The smallest absolute Gasteiger partial charge is 0.0877 e. The molecule has 0 saturated heterocycles. The Morgan fingerprint density at radius 3 is 2.65 bits per heavy atom. The highest BCUT2D eigenvalue weighted by molar-refractivity contribution is 5.83. The molecule has 84 valence electrons. The molecule has 0 radical (unpaired) electrons. The van der Waals surface area contributed by atoms with Crippen LogP contribution in [-0.4, -0.2) is 11.7 Å². The van der Waals surface area contributed by atoms with Crippen molar-refractivity contribution in [1.29, 1.82) is 5.26 Å². The number of fused-ring (bicyclic) bond motifs is 1. The van der Waals surface area contributed by atoms with Crippen molar-refractivity contribution in [3.05, 3.63) is 48.0 Å². The molecule has 2 nitrogen and oxygen atoms in total. The molecular weight excluding hydrogens is 210 g/mol. The van der Waals surface area contributed by atoms with Gasteiger partial charge < -0.3 is 5.11 Å². The second-order valence-electron chi connectivity index (χ2n) is 4.73. The maximum absolute atomic E-state index is 9.32. The molecule has 0 bridgehead atoms. The Morgan fingerprint density at radius 1 is 1.24 bits per heavy atom. The van der Waals surface area contributed by atoms with Gasteiger partial charge >= 0.3 is 0 Å². The average molecular weight is 223 g/mol. The van der Waals surface area contributed by atoms with E-state index in [1.165, 1.54) is 5.39 Å². The van der Waals surface area contributed by atoms with E-state index in [-0.39, 0.29) is 12.5 Å². The summed E-state index contributed by atoms with van der Waals surface area (Å²) in [5.74, 6) is 0.105. The first-order valence-corrected chi connectivity index (χ1v) is 5.81. The fourth-order valence-electron chi connectivity index (χ4n) is 2.57. The van der Waals surface area contributed by atoms with Gasteiger partial charge in [-0.05, 0) is 28.8 Å². The van der Waals surface area contributed by atoms with Gasteiger partial charge in [0.05, 0.1) is 11.5 Å². The molecule has 3 rings (SSSR count). The lowest BCUT2D eigenvalue weighted by molar-refractivity contribution is 0.269. The first kappa shape index (κ1) is 10.3. The van der Waals surface area contributed by atoms with E-state index in [1.807, 2.05) is 18.2 Å². The Hall–Kier alpha value is -1.85. The van der Waals surface area contributed by atoms with Gasteiger partial charge in [-0.2, -0.15) is 5.26 Å². The summed E-state index contributed by atoms with van der Waals surface area (Å²) in [5, 5.41) is 20.9. The second kappa shape index (κ2) is 3.58. The Labute approximate surface area is 100 Å². The zero-order chi connectivity index (χ0) is 11.9. The molecule has 0 heterocycles. The molecule has 0 amide bonds. The number of rotatable bonds is 2. The van der Waals surface area contributed by atoms with Crippen LogP contribution in [0.25, 0.3) is 10.8 Å². The predicted octanol–water partition coefficient (Wildman–Crippen LogP) is 2.61. The Balaban J connectivity index is 2.11. The van der Waals surface area contributed by atoms with Crippen molar-refractivity contribution in [1.82, 2.24) is 0 Å².